The summed E-state index contributed by atoms with van der Waals surface area (Å²) in [7, 11) is 0. The lowest BCUT2D eigenvalue weighted by Gasteiger charge is -2.21. The molecule has 1 aromatic heterocycles. The summed E-state index contributed by atoms with van der Waals surface area (Å²) in [6.45, 7) is 0.967. The van der Waals surface area contributed by atoms with Crippen molar-refractivity contribution in [2.45, 2.75) is 38.1 Å². The largest absolute Gasteiger partial charge is 0.362 e. The molecule has 2 heterocycles. The van der Waals surface area contributed by atoms with Crippen LogP contribution in [0.5, 0.6) is 0 Å². The highest BCUT2D eigenvalue weighted by molar-refractivity contribution is 7.10. The minimum absolute atomic E-state index is 0. The summed E-state index contributed by atoms with van der Waals surface area (Å²) in [6, 6.07) is 15.2. The van der Waals surface area contributed by atoms with Crippen molar-refractivity contribution >= 4 is 29.6 Å². The van der Waals surface area contributed by atoms with E-state index in [-0.39, 0.29) is 18.4 Å². The van der Waals surface area contributed by atoms with E-state index in [1.165, 1.54) is 42.0 Å². The molecule has 1 N–H and O–H groups in total. The molecular formula is C18H23ClN2S. The van der Waals surface area contributed by atoms with Gasteiger partial charge >= 0.3 is 0 Å². The Morgan fingerprint density at radius 1 is 0.955 bits per heavy atom. The molecule has 1 unspecified atom stereocenters. The zero-order chi connectivity index (χ0) is 14.3. The molecule has 2 nitrogen and oxygen atoms in total. The number of nitrogens with zero attached hydrogens (tertiary/aromatic N) is 1. The van der Waals surface area contributed by atoms with Crippen molar-refractivity contribution in [1.82, 2.24) is 5.32 Å². The van der Waals surface area contributed by atoms with Crippen LogP contribution in [0.2, 0.25) is 0 Å². The standard InChI is InChI=1S/C18H22N2S.ClH/c1-2-7-13-19-17(12-6-1)20-18(16-11-8-14-21-16)15-9-4-3-5-10-15;/h3-5,8-11,14,18H,1-2,6-7,12-13H2,(H,19,20);1H. The van der Waals surface area contributed by atoms with Gasteiger partial charge in [-0.15, -0.1) is 23.7 Å². The first kappa shape index (κ1) is 17.0. The first-order valence-corrected chi connectivity index (χ1v) is 8.69. The average Bonchev–Trinajstić information content (AvgIpc) is 3.01. The van der Waals surface area contributed by atoms with Crippen molar-refractivity contribution in [3.8, 4) is 0 Å². The minimum atomic E-state index is 0. The highest BCUT2D eigenvalue weighted by Gasteiger charge is 2.16. The van der Waals surface area contributed by atoms with Gasteiger partial charge in [-0.2, -0.15) is 0 Å². The van der Waals surface area contributed by atoms with Gasteiger partial charge in [-0.25, -0.2) is 0 Å². The normalized spacial score (nSPS) is 16.6. The van der Waals surface area contributed by atoms with E-state index >= 15 is 0 Å². The molecular weight excluding hydrogens is 312 g/mol. The molecule has 118 valence electrons. The van der Waals surface area contributed by atoms with Crippen molar-refractivity contribution in [1.29, 1.82) is 0 Å². The van der Waals surface area contributed by atoms with Crippen LogP contribution in [0.25, 0.3) is 0 Å². The number of hydrogen-bond donors (Lipinski definition) is 1. The number of hydrogen-bond acceptors (Lipinski definition) is 3. The smallest absolute Gasteiger partial charge is 0.0970 e. The van der Waals surface area contributed by atoms with Gasteiger partial charge in [0.05, 0.1) is 11.9 Å². The van der Waals surface area contributed by atoms with Crippen LogP contribution >= 0.6 is 23.7 Å². The molecule has 1 aromatic carbocycles. The van der Waals surface area contributed by atoms with Crippen LogP contribution in [0.4, 0.5) is 0 Å². The molecule has 0 bridgehead atoms. The number of nitrogens with one attached hydrogen (secondary N) is 1. The fraction of sp³-hybridized carbons (Fsp3) is 0.389. The Balaban J connectivity index is 0.00000176. The van der Waals surface area contributed by atoms with E-state index in [1.807, 2.05) is 0 Å². The zero-order valence-electron chi connectivity index (χ0n) is 12.7. The van der Waals surface area contributed by atoms with E-state index in [9.17, 15) is 0 Å². The molecule has 0 spiro atoms. The molecule has 1 aliphatic rings. The molecule has 3 rings (SSSR count). The molecule has 0 amide bonds. The van der Waals surface area contributed by atoms with Crippen LogP contribution in [0.1, 0.15) is 48.6 Å². The van der Waals surface area contributed by atoms with Gasteiger partial charge in [0, 0.05) is 17.8 Å². The molecule has 4 heteroatoms. The Morgan fingerprint density at radius 3 is 2.55 bits per heavy atom. The predicted molar refractivity (Wildman–Crippen MR) is 98.4 cm³/mol. The van der Waals surface area contributed by atoms with E-state index in [0.29, 0.717) is 0 Å². The number of amidine groups is 1. The van der Waals surface area contributed by atoms with Crippen LogP contribution in [0.15, 0.2) is 52.8 Å². The molecule has 2 aromatic rings. The SMILES string of the molecule is Cl.c1ccc(C(NC2=NCCCCCC2)c2cccs2)cc1. The van der Waals surface area contributed by atoms with Gasteiger partial charge in [-0.05, 0) is 29.9 Å². The van der Waals surface area contributed by atoms with Gasteiger partial charge in [-0.1, -0.05) is 49.2 Å². The summed E-state index contributed by atoms with van der Waals surface area (Å²) in [5.41, 5.74) is 1.31. The second-order valence-electron chi connectivity index (χ2n) is 5.50. The summed E-state index contributed by atoms with van der Waals surface area (Å²) >= 11 is 1.81. The second kappa shape index (κ2) is 8.96. The number of rotatable bonds is 3. The van der Waals surface area contributed by atoms with Crippen LogP contribution in [0.3, 0.4) is 0 Å². The van der Waals surface area contributed by atoms with Gasteiger partial charge < -0.3 is 5.32 Å². The van der Waals surface area contributed by atoms with E-state index in [4.69, 9.17) is 4.99 Å². The number of benzene rings is 1. The van der Waals surface area contributed by atoms with Crippen molar-refractivity contribution in [2.24, 2.45) is 4.99 Å². The highest BCUT2D eigenvalue weighted by Crippen LogP contribution is 2.26. The molecule has 1 aliphatic heterocycles. The lowest BCUT2D eigenvalue weighted by Crippen LogP contribution is -2.29. The molecule has 22 heavy (non-hydrogen) atoms. The fourth-order valence-electron chi connectivity index (χ4n) is 2.76. The van der Waals surface area contributed by atoms with Gasteiger partial charge in [0.15, 0.2) is 0 Å². The monoisotopic (exact) mass is 334 g/mol. The molecule has 0 radical (unpaired) electrons. The lowest BCUT2D eigenvalue weighted by atomic mass is 10.0. The highest BCUT2D eigenvalue weighted by atomic mass is 35.5. The molecule has 0 saturated heterocycles. The lowest BCUT2D eigenvalue weighted by molar-refractivity contribution is 0.626. The minimum Gasteiger partial charge on any atom is -0.362 e. The van der Waals surface area contributed by atoms with Gasteiger partial charge in [-0.3, -0.25) is 4.99 Å². The maximum Gasteiger partial charge on any atom is 0.0970 e. The molecule has 0 saturated carbocycles. The second-order valence-corrected chi connectivity index (χ2v) is 6.48. The van der Waals surface area contributed by atoms with E-state index < -0.39 is 0 Å². The number of halogens is 1. The number of thiophene rings is 1. The fourth-order valence-corrected chi connectivity index (χ4v) is 3.56. The quantitative estimate of drug-likeness (QED) is 0.818. The predicted octanol–water partition coefficient (Wildman–Crippen LogP) is 5.21. The van der Waals surface area contributed by atoms with Gasteiger partial charge in [0.1, 0.15) is 0 Å². The van der Waals surface area contributed by atoms with Crippen molar-refractivity contribution in [2.75, 3.05) is 6.54 Å². The van der Waals surface area contributed by atoms with Crippen LogP contribution in [-0.2, 0) is 0 Å². The van der Waals surface area contributed by atoms with Crippen LogP contribution < -0.4 is 5.32 Å². The zero-order valence-corrected chi connectivity index (χ0v) is 14.3. The summed E-state index contributed by atoms with van der Waals surface area (Å²) in [6.07, 6.45) is 6.20. The first-order chi connectivity index (χ1) is 10.4. The third-order valence-electron chi connectivity index (χ3n) is 3.90. The third-order valence-corrected chi connectivity index (χ3v) is 4.83. The first-order valence-electron chi connectivity index (χ1n) is 7.82. The van der Waals surface area contributed by atoms with E-state index in [1.54, 1.807) is 11.3 Å². The Kier molecular flexibility index (Phi) is 6.94. The summed E-state index contributed by atoms with van der Waals surface area (Å²) in [5, 5.41) is 5.85. The Bertz CT molecular complexity index is 566. The Morgan fingerprint density at radius 2 is 1.77 bits per heavy atom. The van der Waals surface area contributed by atoms with Gasteiger partial charge in [0.2, 0.25) is 0 Å². The van der Waals surface area contributed by atoms with Crippen LogP contribution in [-0.4, -0.2) is 12.4 Å². The van der Waals surface area contributed by atoms with Crippen molar-refractivity contribution < 1.29 is 0 Å². The number of aliphatic imine (C=N–C) groups is 1. The average molecular weight is 335 g/mol. The molecule has 0 aliphatic carbocycles. The maximum absolute atomic E-state index is 4.77. The van der Waals surface area contributed by atoms with Crippen molar-refractivity contribution in [3.63, 3.8) is 0 Å². The van der Waals surface area contributed by atoms with Gasteiger partial charge in [0.25, 0.3) is 0 Å². The topological polar surface area (TPSA) is 24.4 Å². The van der Waals surface area contributed by atoms with E-state index in [0.717, 1.165) is 13.0 Å². The van der Waals surface area contributed by atoms with Crippen LogP contribution in [0, 0.1) is 0 Å². The van der Waals surface area contributed by atoms with Crippen molar-refractivity contribution in [3.05, 3.63) is 58.3 Å². The Hall–Kier alpha value is -1.32. The summed E-state index contributed by atoms with van der Waals surface area (Å²) in [5.74, 6) is 1.18. The third kappa shape index (κ3) is 4.59. The molecule has 0 fully saturated rings. The van der Waals surface area contributed by atoms with E-state index in [2.05, 4.69) is 53.2 Å². The summed E-state index contributed by atoms with van der Waals surface area (Å²) < 4.78 is 0. The Labute approximate surface area is 143 Å². The molecule has 1 atom stereocenters. The maximum atomic E-state index is 4.77. The summed E-state index contributed by atoms with van der Waals surface area (Å²) in [4.78, 5) is 6.12.